The smallest absolute Gasteiger partial charge is 0.251 e. The Balaban J connectivity index is 2.03. The lowest BCUT2D eigenvalue weighted by Gasteiger charge is -2.20. The molecule has 2 aromatic heterocycles. The summed E-state index contributed by atoms with van der Waals surface area (Å²) in [5.41, 5.74) is 3.49. The maximum absolute atomic E-state index is 13.2. The fourth-order valence-electron chi connectivity index (χ4n) is 3.39. The van der Waals surface area contributed by atoms with E-state index in [1.165, 1.54) is 16.9 Å². The van der Waals surface area contributed by atoms with Gasteiger partial charge in [-0.2, -0.15) is 0 Å². The highest BCUT2D eigenvalue weighted by atomic mass is 32.2. The fourth-order valence-corrected chi connectivity index (χ4v) is 6.76. The highest BCUT2D eigenvalue weighted by molar-refractivity contribution is 7.91. The molecule has 7 heteroatoms. The second kappa shape index (κ2) is 8.65. The van der Waals surface area contributed by atoms with Gasteiger partial charge in [0, 0.05) is 34.9 Å². The van der Waals surface area contributed by atoms with Crippen LogP contribution in [0.3, 0.4) is 0 Å². The summed E-state index contributed by atoms with van der Waals surface area (Å²) in [6, 6.07) is 8.24. The van der Waals surface area contributed by atoms with Crippen LogP contribution in [-0.2, 0) is 23.0 Å². The lowest BCUT2D eigenvalue weighted by Crippen LogP contribution is -2.40. The van der Waals surface area contributed by atoms with Crippen LogP contribution < -0.4 is 4.72 Å². The molecule has 0 bridgehead atoms. The summed E-state index contributed by atoms with van der Waals surface area (Å²) in [7, 11) is -3.62. The zero-order valence-electron chi connectivity index (χ0n) is 18.6. The molecule has 1 N–H and O–H groups in total. The van der Waals surface area contributed by atoms with Gasteiger partial charge in [-0.3, -0.25) is 0 Å². The minimum atomic E-state index is -3.62. The number of benzene rings is 1. The molecular weight excluding hydrogens is 414 g/mol. The normalized spacial score (nSPS) is 12.6. The fraction of sp³-hybridized carbons (Fsp3) is 0.435. The number of imidazole rings is 1. The Kier molecular flexibility index (Phi) is 6.55. The van der Waals surface area contributed by atoms with Crippen LogP contribution in [0.2, 0.25) is 0 Å². The van der Waals surface area contributed by atoms with Gasteiger partial charge in [-0.25, -0.2) is 18.1 Å². The van der Waals surface area contributed by atoms with Crippen LogP contribution in [0, 0.1) is 12.8 Å². The van der Waals surface area contributed by atoms with E-state index in [1.54, 1.807) is 12.5 Å². The summed E-state index contributed by atoms with van der Waals surface area (Å²) >= 11 is 1.38. The summed E-state index contributed by atoms with van der Waals surface area (Å²) in [6.45, 7) is 12.7. The minimum Gasteiger partial charge on any atom is -0.333 e. The van der Waals surface area contributed by atoms with Gasteiger partial charge < -0.3 is 4.57 Å². The molecule has 0 radical (unpaired) electrons. The first-order valence-electron chi connectivity index (χ1n) is 10.2. The van der Waals surface area contributed by atoms with E-state index in [0.717, 1.165) is 34.5 Å². The van der Waals surface area contributed by atoms with E-state index in [2.05, 4.69) is 42.6 Å². The Bertz CT molecular complexity index is 1110. The van der Waals surface area contributed by atoms with Crippen molar-refractivity contribution in [2.75, 3.05) is 0 Å². The van der Waals surface area contributed by atoms with Crippen LogP contribution in [-0.4, -0.2) is 23.5 Å². The number of hydrogen-bond acceptors (Lipinski definition) is 4. The average molecular weight is 446 g/mol. The number of nitrogens with one attached hydrogen (secondary N) is 1. The van der Waals surface area contributed by atoms with Crippen LogP contribution >= 0.6 is 11.3 Å². The third-order valence-corrected chi connectivity index (χ3v) is 8.06. The molecule has 30 heavy (non-hydrogen) atoms. The molecule has 162 valence electrons. The van der Waals surface area contributed by atoms with Gasteiger partial charge in [0.2, 0.25) is 0 Å². The molecule has 0 saturated carbocycles. The van der Waals surface area contributed by atoms with E-state index in [-0.39, 0.29) is 0 Å². The Hall–Kier alpha value is -1.96. The predicted molar refractivity (Wildman–Crippen MR) is 124 cm³/mol. The number of sulfonamides is 1. The van der Waals surface area contributed by atoms with Crippen molar-refractivity contribution in [3.05, 3.63) is 59.0 Å². The number of aryl methyl sites for hydroxylation is 1. The van der Waals surface area contributed by atoms with Gasteiger partial charge >= 0.3 is 0 Å². The number of rotatable bonds is 7. The summed E-state index contributed by atoms with van der Waals surface area (Å²) in [5, 5.41) is 0. The highest BCUT2D eigenvalue weighted by Gasteiger charge is 2.28. The summed E-state index contributed by atoms with van der Waals surface area (Å²) in [6.07, 6.45) is 6.37. The Labute approximate surface area is 184 Å². The third-order valence-electron chi connectivity index (χ3n) is 4.61. The standard InChI is InChI=1S/C23H31N3O2S2/c1-16(2)11-20-13-21(22(29-20)30(27,28)25-23(4,5)6)18-7-8-19(17(3)12-18)14-26-10-9-24-15-26/h7-10,12-13,15-16,25H,11,14H2,1-6H3. The van der Waals surface area contributed by atoms with Crippen molar-refractivity contribution in [2.24, 2.45) is 5.92 Å². The van der Waals surface area contributed by atoms with Gasteiger partial charge in [0.05, 0.1) is 6.33 Å². The van der Waals surface area contributed by atoms with E-state index in [9.17, 15) is 8.42 Å². The number of thiophene rings is 1. The van der Waals surface area contributed by atoms with Crippen molar-refractivity contribution in [1.82, 2.24) is 14.3 Å². The van der Waals surface area contributed by atoms with E-state index in [1.807, 2.05) is 43.7 Å². The predicted octanol–water partition coefficient (Wildman–Crippen LogP) is 5.24. The topological polar surface area (TPSA) is 64.0 Å². The largest absolute Gasteiger partial charge is 0.333 e. The van der Waals surface area contributed by atoms with Gasteiger partial charge in [0.25, 0.3) is 10.0 Å². The van der Waals surface area contributed by atoms with E-state index >= 15 is 0 Å². The van der Waals surface area contributed by atoms with Gasteiger partial charge in [-0.1, -0.05) is 32.0 Å². The molecular formula is C23H31N3O2S2. The first-order chi connectivity index (χ1) is 13.9. The van der Waals surface area contributed by atoms with E-state index < -0.39 is 15.6 Å². The Morgan fingerprint density at radius 3 is 2.50 bits per heavy atom. The quantitative estimate of drug-likeness (QED) is 0.541. The zero-order chi connectivity index (χ0) is 22.1. The van der Waals surface area contributed by atoms with Gasteiger partial charge in [0.15, 0.2) is 0 Å². The van der Waals surface area contributed by atoms with Gasteiger partial charge in [-0.05, 0) is 62.8 Å². The number of aromatic nitrogens is 2. The lowest BCUT2D eigenvalue weighted by atomic mass is 10.0. The second-order valence-corrected chi connectivity index (χ2v) is 12.3. The average Bonchev–Trinajstić information content (AvgIpc) is 3.24. The van der Waals surface area contributed by atoms with Gasteiger partial charge in [0.1, 0.15) is 4.21 Å². The second-order valence-electron chi connectivity index (χ2n) is 9.24. The molecule has 0 atom stereocenters. The zero-order valence-corrected chi connectivity index (χ0v) is 20.2. The van der Waals surface area contributed by atoms with E-state index in [4.69, 9.17) is 0 Å². The molecule has 3 rings (SSSR count). The molecule has 3 aromatic rings. The maximum atomic E-state index is 13.2. The summed E-state index contributed by atoms with van der Waals surface area (Å²) in [4.78, 5) is 5.19. The SMILES string of the molecule is Cc1cc(-c2cc(CC(C)C)sc2S(=O)(=O)NC(C)(C)C)ccc1Cn1ccnc1. The van der Waals surface area contributed by atoms with Crippen LogP contribution in [0.25, 0.3) is 11.1 Å². The van der Waals surface area contributed by atoms with Gasteiger partial charge in [-0.15, -0.1) is 11.3 Å². The molecule has 0 spiro atoms. The molecule has 0 saturated heterocycles. The maximum Gasteiger partial charge on any atom is 0.251 e. The summed E-state index contributed by atoms with van der Waals surface area (Å²) in [5.74, 6) is 0.460. The molecule has 0 unspecified atom stereocenters. The van der Waals surface area contributed by atoms with Crippen LogP contribution in [0.5, 0.6) is 0 Å². The Morgan fingerprint density at radius 1 is 1.20 bits per heavy atom. The van der Waals surface area contributed by atoms with E-state index in [0.29, 0.717) is 10.1 Å². The molecule has 0 aliphatic heterocycles. The van der Waals surface area contributed by atoms with Crippen molar-refractivity contribution < 1.29 is 8.42 Å². The van der Waals surface area contributed by atoms with Crippen LogP contribution in [0.15, 0.2) is 47.2 Å². The Morgan fingerprint density at radius 2 is 1.93 bits per heavy atom. The van der Waals surface area contributed by atoms with Crippen LogP contribution in [0.1, 0.15) is 50.6 Å². The molecule has 0 aliphatic rings. The first-order valence-corrected chi connectivity index (χ1v) is 12.5. The van der Waals surface area contributed by atoms with Crippen LogP contribution in [0.4, 0.5) is 0 Å². The molecule has 5 nitrogen and oxygen atoms in total. The minimum absolute atomic E-state index is 0.398. The highest BCUT2D eigenvalue weighted by Crippen LogP contribution is 2.37. The monoisotopic (exact) mass is 445 g/mol. The number of nitrogens with zero attached hydrogens (tertiary/aromatic N) is 2. The number of hydrogen-bond donors (Lipinski definition) is 1. The molecule has 0 amide bonds. The van der Waals surface area contributed by atoms with Crippen molar-refractivity contribution in [3.63, 3.8) is 0 Å². The summed E-state index contributed by atoms with van der Waals surface area (Å²) < 4.78 is 31.6. The van der Waals surface area contributed by atoms with Crippen molar-refractivity contribution in [1.29, 1.82) is 0 Å². The van der Waals surface area contributed by atoms with Crippen molar-refractivity contribution >= 4 is 21.4 Å². The lowest BCUT2D eigenvalue weighted by molar-refractivity contribution is 0.493. The van der Waals surface area contributed by atoms with Crippen molar-refractivity contribution in [2.45, 2.75) is 64.3 Å². The third kappa shape index (κ3) is 5.59. The molecule has 0 fully saturated rings. The first kappa shape index (κ1) is 22.7. The molecule has 1 aromatic carbocycles. The van der Waals surface area contributed by atoms with Crippen molar-refractivity contribution in [3.8, 4) is 11.1 Å². The molecule has 2 heterocycles. The molecule has 0 aliphatic carbocycles.